The third-order valence-corrected chi connectivity index (χ3v) is 7.05. The van der Waals surface area contributed by atoms with Gasteiger partial charge in [0.05, 0.1) is 22.5 Å². The number of carbonyl (C=O) groups is 2. The summed E-state index contributed by atoms with van der Waals surface area (Å²) < 4.78 is 65.5. The van der Waals surface area contributed by atoms with Crippen molar-refractivity contribution in [3.05, 3.63) is 63.6 Å². The Morgan fingerprint density at radius 1 is 1.08 bits per heavy atom. The van der Waals surface area contributed by atoms with E-state index in [1.165, 1.54) is 6.92 Å². The molecule has 0 aromatic heterocycles. The molecular weight excluding hydrogens is 542 g/mol. The molecule has 0 radical (unpaired) electrons. The Bertz CT molecular complexity index is 1210. The van der Waals surface area contributed by atoms with Crippen molar-refractivity contribution in [1.82, 2.24) is 10.2 Å². The molecule has 0 saturated heterocycles. The molecule has 2 rings (SSSR count). The van der Waals surface area contributed by atoms with Gasteiger partial charge in [-0.2, -0.15) is 13.2 Å². The first kappa shape index (κ1) is 29.7. The first-order chi connectivity index (χ1) is 16.7. The molecule has 0 fully saturated rings. The van der Waals surface area contributed by atoms with Crippen molar-refractivity contribution in [3.8, 4) is 0 Å². The molecule has 0 unspecified atom stereocenters. The van der Waals surface area contributed by atoms with E-state index >= 15 is 0 Å². The summed E-state index contributed by atoms with van der Waals surface area (Å²) in [5.41, 5.74) is -1.16. The van der Waals surface area contributed by atoms with Crippen LogP contribution in [0, 0.1) is 0 Å². The number of hydrogen-bond donors (Lipinski definition) is 1. The van der Waals surface area contributed by atoms with E-state index in [0.717, 1.165) is 17.2 Å². The summed E-state index contributed by atoms with van der Waals surface area (Å²) in [5.74, 6) is -1.33. The predicted molar refractivity (Wildman–Crippen MR) is 133 cm³/mol. The number of hydrogen-bond acceptors (Lipinski definition) is 4. The fourth-order valence-corrected chi connectivity index (χ4v) is 4.58. The van der Waals surface area contributed by atoms with Crippen LogP contribution in [0.5, 0.6) is 0 Å². The minimum absolute atomic E-state index is 0.146. The normalized spacial score (nSPS) is 12.7. The van der Waals surface area contributed by atoms with Gasteiger partial charge in [-0.15, -0.1) is 0 Å². The van der Waals surface area contributed by atoms with Crippen LogP contribution >= 0.6 is 23.2 Å². The summed E-state index contributed by atoms with van der Waals surface area (Å²) in [5, 5.41) is 2.69. The first-order valence-corrected chi connectivity index (χ1v) is 13.4. The largest absolute Gasteiger partial charge is 0.416 e. The number of nitrogens with zero attached hydrogens (tertiary/aromatic N) is 2. The van der Waals surface area contributed by atoms with Crippen molar-refractivity contribution in [2.45, 2.75) is 39.0 Å². The van der Waals surface area contributed by atoms with E-state index in [-0.39, 0.29) is 11.6 Å². The highest BCUT2D eigenvalue weighted by Crippen LogP contribution is 2.36. The predicted octanol–water partition coefficient (Wildman–Crippen LogP) is 4.72. The lowest BCUT2D eigenvalue weighted by Gasteiger charge is -2.32. The molecule has 0 bridgehead atoms. The van der Waals surface area contributed by atoms with Crippen LogP contribution in [-0.4, -0.2) is 50.5 Å². The van der Waals surface area contributed by atoms with Gasteiger partial charge in [-0.1, -0.05) is 48.3 Å². The number of sulfonamides is 1. The van der Waals surface area contributed by atoms with Crippen molar-refractivity contribution in [1.29, 1.82) is 0 Å². The quantitative estimate of drug-likeness (QED) is 0.450. The van der Waals surface area contributed by atoms with Crippen molar-refractivity contribution >= 4 is 50.7 Å². The maximum Gasteiger partial charge on any atom is 0.416 e. The van der Waals surface area contributed by atoms with Crippen LogP contribution in [-0.2, 0) is 32.3 Å². The number of anilines is 1. The van der Waals surface area contributed by atoms with Gasteiger partial charge in [0.25, 0.3) is 0 Å². The van der Waals surface area contributed by atoms with Crippen LogP contribution in [0.15, 0.2) is 42.5 Å². The van der Waals surface area contributed by atoms with E-state index in [1.807, 2.05) is 6.92 Å². The number of benzene rings is 2. The zero-order valence-corrected chi connectivity index (χ0v) is 22.1. The molecular formula is C23H26Cl2F3N3O4S. The van der Waals surface area contributed by atoms with E-state index in [0.29, 0.717) is 40.0 Å². The summed E-state index contributed by atoms with van der Waals surface area (Å²) in [6.07, 6.45) is -3.38. The maximum atomic E-state index is 13.4. The highest BCUT2D eigenvalue weighted by atomic mass is 35.5. The molecule has 36 heavy (non-hydrogen) atoms. The SMILES string of the molecule is CCCNC(=O)[C@@H](C)N(Cc1ccccc1Cl)C(=O)CN(c1cc(C(F)(F)F)ccc1Cl)S(C)(=O)=O. The Morgan fingerprint density at radius 2 is 1.72 bits per heavy atom. The Hall–Kier alpha value is -2.50. The molecule has 2 aromatic carbocycles. The standard InChI is InChI=1S/C23H26Cl2F3N3O4S/c1-4-11-29-22(33)15(2)30(13-16-7-5-6-8-18(16)24)21(32)14-31(36(3,34)35)20-12-17(23(26,27)28)9-10-19(20)25/h5-10,12,15H,4,11,13-14H2,1-3H3,(H,29,33)/t15-/m1/s1. The smallest absolute Gasteiger partial charge is 0.354 e. The monoisotopic (exact) mass is 567 g/mol. The van der Waals surface area contributed by atoms with Gasteiger partial charge in [-0.3, -0.25) is 13.9 Å². The van der Waals surface area contributed by atoms with Gasteiger partial charge in [0.15, 0.2) is 0 Å². The molecule has 0 saturated carbocycles. The van der Waals surface area contributed by atoms with Crippen LogP contribution < -0.4 is 9.62 Å². The highest BCUT2D eigenvalue weighted by Gasteiger charge is 2.34. The van der Waals surface area contributed by atoms with Crippen molar-refractivity contribution in [2.75, 3.05) is 23.7 Å². The van der Waals surface area contributed by atoms with Gasteiger partial charge in [-0.25, -0.2) is 8.42 Å². The van der Waals surface area contributed by atoms with Crippen LogP contribution in [0.4, 0.5) is 18.9 Å². The fraction of sp³-hybridized carbons (Fsp3) is 0.391. The Balaban J connectivity index is 2.50. The van der Waals surface area contributed by atoms with E-state index in [4.69, 9.17) is 23.2 Å². The maximum absolute atomic E-state index is 13.4. The minimum Gasteiger partial charge on any atom is -0.354 e. The number of rotatable bonds is 10. The highest BCUT2D eigenvalue weighted by molar-refractivity contribution is 7.92. The lowest BCUT2D eigenvalue weighted by Crippen LogP contribution is -2.51. The minimum atomic E-state index is -4.77. The Labute approximate surface area is 218 Å². The number of amides is 2. The Morgan fingerprint density at radius 3 is 2.28 bits per heavy atom. The number of halogens is 5. The summed E-state index contributed by atoms with van der Waals surface area (Å²) in [6, 6.07) is 7.71. The topological polar surface area (TPSA) is 86.8 Å². The molecule has 7 nitrogen and oxygen atoms in total. The van der Waals surface area contributed by atoms with Gasteiger partial charge in [-0.05, 0) is 43.2 Å². The molecule has 1 N–H and O–H groups in total. The molecule has 2 amide bonds. The van der Waals surface area contributed by atoms with Crippen molar-refractivity contribution in [3.63, 3.8) is 0 Å². The number of carbonyl (C=O) groups excluding carboxylic acids is 2. The zero-order chi connectivity index (χ0) is 27.3. The van der Waals surface area contributed by atoms with Crippen LogP contribution in [0.25, 0.3) is 0 Å². The molecule has 0 aliphatic rings. The summed E-state index contributed by atoms with van der Waals surface area (Å²) in [4.78, 5) is 27.2. The second-order valence-corrected chi connectivity index (χ2v) is 10.7. The number of nitrogens with one attached hydrogen (secondary N) is 1. The van der Waals surface area contributed by atoms with E-state index < -0.39 is 51.9 Å². The second-order valence-electron chi connectivity index (χ2n) is 8.01. The van der Waals surface area contributed by atoms with Gasteiger partial charge in [0, 0.05) is 18.1 Å². The van der Waals surface area contributed by atoms with Crippen LogP contribution in [0.2, 0.25) is 10.0 Å². The average molecular weight is 568 g/mol. The molecule has 1 atom stereocenters. The first-order valence-electron chi connectivity index (χ1n) is 10.8. The van der Waals surface area contributed by atoms with Crippen LogP contribution in [0.1, 0.15) is 31.4 Å². The molecule has 0 aliphatic carbocycles. The molecule has 2 aromatic rings. The molecule has 0 heterocycles. The van der Waals surface area contributed by atoms with E-state index in [2.05, 4.69) is 5.32 Å². The van der Waals surface area contributed by atoms with Gasteiger partial charge in [0.1, 0.15) is 12.6 Å². The molecule has 0 spiro atoms. The second kappa shape index (κ2) is 12.2. The van der Waals surface area contributed by atoms with Gasteiger partial charge >= 0.3 is 6.18 Å². The fourth-order valence-electron chi connectivity index (χ4n) is 3.26. The molecule has 198 valence electrons. The Kier molecular flexibility index (Phi) is 10.0. The molecule has 13 heteroatoms. The lowest BCUT2D eigenvalue weighted by molar-refractivity contribution is -0.139. The number of alkyl halides is 3. The molecule has 0 aliphatic heterocycles. The average Bonchev–Trinajstić information content (AvgIpc) is 2.79. The third kappa shape index (κ3) is 7.75. The summed E-state index contributed by atoms with van der Waals surface area (Å²) in [6.45, 7) is 2.62. The zero-order valence-electron chi connectivity index (χ0n) is 19.8. The lowest BCUT2D eigenvalue weighted by atomic mass is 10.1. The third-order valence-electron chi connectivity index (χ3n) is 5.24. The van der Waals surface area contributed by atoms with E-state index in [9.17, 15) is 31.2 Å². The van der Waals surface area contributed by atoms with Crippen molar-refractivity contribution < 1.29 is 31.2 Å². The van der Waals surface area contributed by atoms with Gasteiger partial charge < -0.3 is 10.2 Å². The van der Waals surface area contributed by atoms with Crippen molar-refractivity contribution in [2.24, 2.45) is 0 Å². The van der Waals surface area contributed by atoms with Crippen LogP contribution in [0.3, 0.4) is 0 Å². The summed E-state index contributed by atoms with van der Waals surface area (Å²) >= 11 is 12.3. The summed E-state index contributed by atoms with van der Waals surface area (Å²) in [7, 11) is -4.27. The van der Waals surface area contributed by atoms with Gasteiger partial charge in [0.2, 0.25) is 21.8 Å². The van der Waals surface area contributed by atoms with E-state index in [1.54, 1.807) is 24.3 Å².